The Morgan fingerprint density at radius 3 is 2.50 bits per heavy atom. The minimum absolute atomic E-state index is 0.104. The first-order valence-corrected chi connectivity index (χ1v) is 7.65. The Kier molecular flexibility index (Phi) is 6.21. The van der Waals surface area contributed by atoms with E-state index in [0.29, 0.717) is 12.3 Å². The van der Waals surface area contributed by atoms with Crippen LogP contribution in [0.25, 0.3) is 0 Å². The zero-order valence-corrected chi connectivity index (χ0v) is 12.5. The van der Waals surface area contributed by atoms with Crippen LogP contribution < -0.4 is 10.1 Å². The van der Waals surface area contributed by atoms with Crippen molar-refractivity contribution in [3.63, 3.8) is 0 Å². The SMILES string of the molecule is O=C(NCCSc1ccccc1)c1ccccc1OC(F)F. The van der Waals surface area contributed by atoms with E-state index in [0.717, 1.165) is 4.90 Å². The van der Waals surface area contributed by atoms with Crippen molar-refractivity contribution in [3.05, 3.63) is 60.2 Å². The first-order chi connectivity index (χ1) is 10.7. The maximum absolute atomic E-state index is 12.3. The second kappa shape index (κ2) is 8.38. The van der Waals surface area contributed by atoms with E-state index in [1.54, 1.807) is 23.9 Å². The van der Waals surface area contributed by atoms with Crippen molar-refractivity contribution in [2.45, 2.75) is 11.5 Å². The molecule has 6 heteroatoms. The summed E-state index contributed by atoms with van der Waals surface area (Å²) in [6, 6.07) is 15.7. The van der Waals surface area contributed by atoms with Crippen molar-refractivity contribution in [2.24, 2.45) is 0 Å². The number of para-hydroxylation sites is 1. The van der Waals surface area contributed by atoms with Crippen molar-refractivity contribution in [1.29, 1.82) is 0 Å². The van der Waals surface area contributed by atoms with Gasteiger partial charge in [-0.05, 0) is 24.3 Å². The molecule has 0 saturated carbocycles. The lowest BCUT2D eigenvalue weighted by molar-refractivity contribution is -0.0501. The zero-order valence-electron chi connectivity index (χ0n) is 11.7. The third-order valence-electron chi connectivity index (χ3n) is 2.75. The van der Waals surface area contributed by atoms with Crippen LogP contribution in [0, 0.1) is 0 Å². The number of alkyl halides is 2. The highest BCUT2D eigenvalue weighted by Crippen LogP contribution is 2.20. The summed E-state index contributed by atoms with van der Waals surface area (Å²) in [4.78, 5) is 13.1. The summed E-state index contributed by atoms with van der Waals surface area (Å²) in [7, 11) is 0. The summed E-state index contributed by atoms with van der Waals surface area (Å²) in [6.07, 6.45) is 0. The Balaban J connectivity index is 1.85. The number of rotatable bonds is 7. The smallest absolute Gasteiger partial charge is 0.387 e. The largest absolute Gasteiger partial charge is 0.434 e. The van der Waals surface area contributed by atoms with Crippen LogP contribution in [-0.4, -0.2) is 24.8 Å². The van der Waals surface area contributed by atoms with Gasteiger partial charge in [0.15, 0.2) is 0 Å². The number of halogens is 2. The van der Waals surface area contributed by atoms with Crippen molar-refractivity contribution in [1.82, 2.24) is 5.32 Å². The van der Waals surface area contributed by atoms with Crippen molar-refractivity contribution in [2.75, 3.05) is 12.3 Å². The monoisotopic (exact) mass is 323 g/mol. The first kappa shape index (κ1) is 16.3. The van der Waals surface area contributed by atoms with Crippen molar-refractivity contribution >= 4 is 17.7 Å². The number of benzene rings is 2. The molecule has 0 heterocycles. The van der Waals surface area contributed by atoms with Crippen LogP contribution in [0.4, 0.5) is 8.78 Å². The summed E-state index contributed by atoms with van der Waals surface area (Å²) >= 11 is 1.61. The predicted molar refractivity (Wildman–Crippen MR) is 82.6 cm³/mol. The third kappa shape index (κ3) is 5.04. The van der Waals surface area contributed by atoms with Gasteiger partial charge in [0, 0.05) is 17.2 Å². The number of hydrogen-bond donors (Lipinski definition) is 1. The van der Waals surface area contributed by atoms with Gasteiger partial charge in [0.1, 0.15) is 5.75 Å². The summed E-state index contributed by atoms with van der Waals surface area (Å²) in [5.41, 5.74) is 0.104. The molecule has 0 fully saturated rings. The van der Waals surface area contributed by atoms with Crippen molar-refractivity contribution < 1.29 is 18.3 Å². The van der Waals surface area contributed by atoms with Gasteiger partial charge in [-0.1, -0.05) is 30.3 Å². The third-order valence-corrected chi connectivity index (χ3v) is 3.76. The number of carbonyl (C=O) groups excluding carboxylic acids is 1. The molecular formula is C16H15F2NO2S. The van der Waals surface area contributed by atoms with Crippen LogP contribution in [0.5, 0.6) is 5.75 Å². The lowest BCUT2D eigenvalue weighted by Crippen LogP contribution is -2.26. The Bertz CT molecular complexity index is 608. The molecule has 0 aliphatic carbocycles. The second-order valence-corrected chi connectivity index (χ2v) is 5.46. The molecule has 2 aromatic rings. The van der Waals surface area contributed by atoms with E-state index in [2.05, 4.69) is 10.1 Å². The Morgan fingerprint density at radius 2 is 1.77 bits per heavy atom. The topological polar surface area (TPSA) is 38.3 Å². The molecule has 0 aliphatic rings. The maximum atomic E-state index is 12.3. The van der Waals surface area contributed by atoms with Crippen LogP contribution >= 0.6 is 11.8 Å². The van der Waals surface area contributed by atoms with Crippen LogP contribution in [0.2, 0.25) is 0 Å². The van der Waals surface area contributed by atoms with E-state index in [4.69, 9.17) is 0 Å². The van der Waals surface area contributed by atoms with Gasteiger partial charge in [-0.2, -0.15) is 8.78 Å². The fraction of sp³-hybridized carbons (Fsp3) is 0.188. The molecule has 0 bridgehead atoms. The molecule has 2 rings (SSSR count). The molecule has 3 nitrogen and oxygen atoms in total. The van der Waals surface area contributed by atoms with Gasteiger partial charge < -0.3 is 10.1 Å². The quantitative estimate of drug-likeness (QED) is 0.622. The van der Waals surface area contributed by atoms with E-state index in [1.165, 1.54) is 12.1 Å². The van der Waals surface area contributed by atoms with Crippen molar-refractivity contribution in [3.8, 4) is 5.75 Å². The Labute approximate surface area is 131 Å². The summed E-state index contributed by atoms with van der Waals surface area (Å²) in [6.45, 7) is -2.52. The highest BCUT2D eigenvalue weighted by atomic mass is 32.2. The Hall–Kier alpha value is -2.08. The molecule has 0 atom stereocenters. The minimum atomic E-state index is -2.96. The number of hydrogen-bond acceptors (Lipinski definition) is 3. The molecule has 0 unspecified atom stereocenters. The molecule has 2 aromatic carbocycles. The number of nitrogens with one attached hydrogen (secondary N) is 1. The molecular weight excluding hydrogens is 308 g/mol. The van der Waals surface area contributed by atoms with E-state index < -0.39 is 12.5 Å². The molecule has 1 amide bonds. The molecule has 22 heavy (non-hydrogen) atoms. The number of carbonyl (C=O) groups is 1. The lowest BCUT2D eigenvalue weighted by Gasteiger charge is -2.10. The molecule has 116 valence electrons. The van der Waals surface area contributed by atoms with Gasteiger partial charge in [0.25, 0.3) is 5.91 Å². The maximum Gasteiger partial charge on any atom is 0.387 e. The fourth-order valence-electron chi connectivity index (χ4n) is 1.80. The normalized spacial score (nSPS) is 10.5. The van der Waals surface area contributed by atoms with Gasteiger partial charge >= 0.3 is 6.61 Å². The average molecular weight is 323 g/mol. The Morgan fingerprint density at radius 1 is 1.09 bits per heavy atom. The number of thioether (sulfide) groups is 1. The molecule has 1 N–H and O–H groups in total. The first-order valence-electron chi connectivity index (χ1n) is 6.66. The van der Waals surface area contributed by atoms with Gasteiger partial charge in [0.05, 0.1) is 5.56 Å². The van der Waals surface area contributed by atoms with Crippen LogP contribution in [0.3, 0.4) is 0 Å². The lowest BCUT2D eigenvalue weighted by atomic mass is 10.2. The summed E-state index contributed by atoms with van der Waals surface area (Å²) < 4.78 is 28.9. The molecule has 0 spiro atoms. The van der Waals surface area contributed by atoms with Gasteiger partial charge in [-0.3, -0.25) is 4.79 Å². The molecule has 0 aliphatic heterocycles. The molecule has 0 radical (unpaired) electrons. The number of amides is 1. The van der Waals surface area contributed by atoms with Gasteiger partial charge in [-0.15, -0.1) is 11.8 Å². The van der Waals surface area contributed by atoms with Crippen LogP contribution in [0.1, 0.15) is 10.4 Å². The van der Waals surface area contributed by atoms with E-state index in [9.17, 15) is 13.6 Å². The molecule has 0 aromatic heterocycles. The highest BCUT2D eigenvalue weighted by Gasteiger charge is 2.14. The zero-order chi connectivity index (χ0) is 15.8. The predicted octanol–water partition coefficient (Wildman–Crippen LogP) is 3.81. The molecule has 0 saturated heterocycles. The summed E-state index contributed by atoms with van der Waals surface area (Å²) in [5.74, 6) is 0.142. The van der Waals surface area contributed by atoms with Crippen LogP contribution in [-0.2, 0) is 0 Å². The van der Waals surface area contributed by atoms with E-state index in [1.807, 2.05) is 30.3 Å². The van der Waals surface area contributed by atoms with Crippen LogP contribution in [0.15, 0.2) is 59.5 Å². The van der Waals surface area contributed by atoms with E-state index >= 15 is 0 Å². The fourth-order valence-corrected chi connectivity index (χ4v) is 2.59. The highest BCUT2D eigenvalue weighted by molar-refractivity contribution is 7.99. The van der Waals surface area contributed by atoms with Gasteiger partial charge in [0.2, 0.25) is 0 Å². The number of ether oxygens (including phenoxy) is 1. The second-order valence-electron chi connectivity index (χ2n) is 4.29. The van der Waals surface area contributed by atoms with E-state index in [-0.39, 0.29) is 11.3 Å². The van der Waals surface area contributed by atoms with Gasteiger partial charge in [-0.25, -0.2) is 0 Å². The average Bonchev–Trinajstić information content (AvgIpc) is 2.52. The summed E-state index contributed by atoms with van der Waals surface area (Å²) in [5, 5.41) is 2.70. The minimum Gasteiger partial charge on any atom is -0.434 e. The standard InChI is InChI=1S/C16H15F2NO2S/c17-16(18)21-14-9-5-4-8-13(14)15(20)19-10-11-22-12-6-2-1-3-7-12/h1-9,16H,10-11H2,(H,19,20).